The zero-order valence-electron chi connectivity index (χ0n) is 6.75. The van der Waals surface area contributed by atoms with Crippen molar-refractivity contribution in [2.45, 2.75) is 32.3 Å². The van der Waals surface area contributed by atoms with Gasteiger partial charge in [-0.2, -0.15) is 0 Å². The maximum atomic E-state index is 11.1. The van der Waals surface area contributed by atoms with Crippen molar-refractivity contribution in [3.05, 3.63) is 0 Å². The number of hydrogen-bond donors (Lipinski definition) is 1. The van der Waals surface area contributed by atoms with Gasteiger partial charge in [-0.25, -0.2) is 0 Å². The normalized spacial score (nSPS) is 20.5. The zero-order chi connectivity index (χ0) is 8.27. The number of esters is 1. The Morgan fingerprint density at radius 2 is 2.36 bits per heavy atom. The van der Waals surface area contributed by atoms with E-state index in [1.165, 1.54) is 0 Å². The molecule has 0 aromatic rings. The smallest absolute Gasteiger partial charge is 0.309 e. The molecule has 1 saturated carbocycles. The van der Waals surface area contributed by atoms with Gasteiger partial charge in [-0.05, 0) is 19.8 Å². The molecule has 0 aromatic carbocycles. The van der Waals surface area contributed by atoms with Crippen LogP contribution in [0.2, 0.25) is 0 Å². The predicted molar refractivity (Wildman–Crippen MR) is 40.0 cm³/mol. The van der Waals surface area contributed by atoms with Crippen LogP contribution in [-0.4, -0.2) is 23.8 Å². The van der Waals surface area contributed by atoms with Gasteiger partial charge in [0.1, 0.15) is 6.10 Å². The lowest BCUT2D eigenvalue weighted by Gasteiger charge is -2.24. The van der Waals surface area contributed by atoms with E-state index in [2.05, 4.69) is 0 Å². The van der Waals surface area contributed by atoms with Crippen molar-refractivity contribution in [1.29, 1.82) is 0 Å². The van der Waals surface area contributed by atoms with Gasteiger partial charge in [0.15, 0.2) is 0 Å². The topological polar surface area (TPSA) is 46.5 Å². The first-order valence-electron chi connectivity index (χ1n) is 4.05. The van der Waals surface area contributed by atoms with E-state index >= 15 is 0 Å². The summed E-state index contributed by atoms with van der Waals surface area (Å²) in [7, 11) is 0. The molecule has 1 fully saturated rings. The van der Waals surface area contributed by atoms with Crippen molar-refractivity contribution in [3.8, 4) is 0 Å². The second-order valence-electron chi connectivity index (χ2n) is 3.06. The molecular formula is C8H14O3. The third kappa shape index (κ3) is 2.19. The van der Waals surface area contributed by atoms with Crippen molar-refractivity contribution in [1.82, 2.24) is 0 Å². The van der Waals surface area contributed by atoms with E-state index in [1.807, 2.05) is 0 Å². The Morgan fingerprint density at radius 3 is 2.73 bits per heavy atom. The zero-order valence-corrected chi connectivity index (χ0v) is 6.75. The van der Waals surface area contributed by atoms with Crippen LogP contribution in [0.15, 0.2) is 0 Å². The SMILES string of the molecule is CC(CO)OC(=O)C1CCC1. The lowest BCUT2D eigenvalue weighted by molar-refractivity contribution is -0.157. The molecule has 1 aliphatic carbocycles. The molecule has 1 atom stereocenters. The van der Waals surface area contributed by atoms with Crippen LogP contribution >= 0.6 is 0 Å². The van der Waals surface area contributed by atoms with Crippen LogP contribution < -0.4 is 0 Å². The van der Waals surface area contributed by atoms with E-state index in [1.54, 1.807) is 6.92 Å². The molecule has 0 spiro atoms. The molecule has 11 heavy (non-hydrogen) atoms. The number of carbonyl (C=O) groups is 1. The Morgan fingerprint density at radius 1 is 1.73 bits per heavy atom. The minimum Gasteiger partial charge on any atom is -0.460 e. The highest BCUT2D eigenvalue weighted by molar-refractivity contribution is 5.73. The third-order valence-electron chi connectivity index (χ3n) is 2.01. The summed E-state index contributed by atoms with van der Waals surface area (Å²) in [5.74, 6) is -0.0261. The quantitative estimate of drug-likeness (QED) is 0.615. The van der Waals surface area contributed by atoms with Gasteiger partial charge in [0.25, 0.3) is 0 Å². The molecule has 1 N–H and O–H groups in total. The molecule has 1 unspecified atom stereocenters. The van der Waals surface area contributed by atoms with Gasteiger partial charge in [-0.1, -0.05) is 6.42 Å². The number of carbonyl (C=O) groups excluding carboxylic acids is 1. The van der Waals surface area contributed by atoms with E-state index in [-0.39, 0.29) is 24.6 Å². The van der Waals surface area contributed by atoms with Crippen molar-refractivity contribution in [3.63, 3.8) is 0 Å². The first kappa shape index (κ1) is 8.53. The van der Waals surface area contributed by atoms with Gasteiger partial charge in [-0.15, -0.1) is 0 Å². The first-order chi connectivity index (χ1) is 5.24. The second-order valence-corrected chi connectivity index (χ2v) is 3.06. The summed E-state index contributed by atoms with van der Waals surface area (Å²) < 4.78 is 4.91. The van der Waals surface area contributed by atoms with E-state index in [9.17, 15) is 4.79 Å². The van der Waals surface area contributed by atoms with Crippen LogP contribution in [0.25, 0.3) is 0 Å². The van der Waals surface area contributed by atoms with Crippen LogP contribution in [0.1, 0.15) is 26.2 Å². The molecule has 0 aromatic heterocycles. The number of ether oxygens (including phenoxy) is 1. The molecule has 0 heterocycles. The molecule has 0 aliphatic heterocycles. The molecule has 1 rings (SSSR count). The summed E-state index contributed by atoms with van der Waals surface area (Å²) in [6.07, 6.45) is 2.70. The average Bonchev–Trinajstić information content (AvgIpc) is 1.83. The Labute approximate surface area is 66.4 Å². The fraction of sp³-hybridized carbons (Fsp3) is 0.875. The average molecular weight is 158 g/mol. The number of hydrogen-bond acceptors (Lipinski definition) is 3. The standard InChI is InChI=1S/C8H14O3/c1-6(5-9)11-8(10)7-3-2-4-7/h6-7,9H,2-5H2,1H3. The van der Waals surface area contributed by atoms with Crippen LogP contribution in [0, 0.1) is 5.92 Å². The van der Waals surface area contributed by atoms with Gasteiger partial charge >= 0.3 is 5.97 Å². The highest BCUT2D eigenvalue weighted by Crippen LogP contribution is 2.27. The monoisotopic (exact) mass is 158 g/mol. The number of aliphatic hydroxyl groups is 1. The molecule has 1 aliphatic rings. The summed E-state index contributed by atoms with van der Waals surface area (Å²) >= 11 is 0. The summed E-state index contributed by atoms with van der Waals surface area (Å²) in [5.41, 5.74) is 0. The third-order valence-corrected chi connectivity index (χ3v) is 2.01. The molecule has 3 heteroatoms. The summed E-state index contributed by atoms with van der Waals surface area (Å²) in [6, 6.07) is 0. The van der Waals surface area contributed by atoms with Gasteiger partial charge in [0.05, 0.1) is 12.5 Å². The first-order valence-corrected chi connectivity index (χ1v) is 4.05. The minimum atomic E-state index is -0.344. The summed E-state index contributed by atoms with van der Waals surface area (Å²) in [5, 5.41) is 8.58. The van der Waals surface area contributed by atoms with Crippen molar-refractivity contribution < 1.29 is 14.6 Å². The lowest BCUT2D eigenvalue weighted by Crippen LogP contribution is -2.28. The molecule has 0 bridgehead atoms. The van der Waals surface area contributed by atoms with Crippen LogP contribution in [0.3, 0.4) is 0 Å². The fourth-order valence-electron chi connectivity index (χ4n) is 0.976. The van der Waals surface area contributed by atoms with E-state index in [0.29, 0.717) is 0 Å². The molecular weight excluding hydrogens is 144 g/mol. The minimum absolute atomic E-state index is 0.0849. The highest BCUT2D eigenvalue weighted by atomic mass is 16.6. The largest absolute Gasteiger partial charge is 0.460 e. The Kier molecular flexibility index (Phi) is 2.88. The molecule has 0 radical (unpaired) electrons. The lowest BCUT2D eigenvalue weighted by atomic mass is 9.86. The van der Waals surface area contributed by atoms with Crippen LogP contribution in [0.4, 0.5) is 0 Å². The van der Waals surface area contributed by atoms with Gasteiger partial charge in [0.2, 0.25) is 0 Å². The van der Waals surface area contributed by atoms with Gasteiger partial charge < -0.3 is 9.84 Å². The van der Waals surface area contributed by atoms with Crippen molar-refractivity contribution >= 4 is 5.97 Å². The van der Waals surface area contributed by atoms with Gasteiger partial charge in [0, 0.05) is 0 Å². The van der Waals surface area contributed by atoms with Crippen LogP contribution in [0.5, 0.6) is 0 Å². The Hall–Kier alpha value is -0.570. The van der Waals surface area contributed by atoms with Crippen molar-refractivity contribution in [2.24, 2.45) is 5.92 Å². The maximum absolute atomic E-state index is 11.1. The van der Waals surface area contributed by atoms with Gasteiger partial charge in [-0.3, -0.25) is 4.79 Å². The molecule has 3 nitrogen and oxygen atoms in total. The Bertz CT molecular complexity index is 140. The fourth-order valence-corrected chi connectivity index (χ4v) is 0.976. The predicted octanol–water partition coefficient (Wildman–Crippen LogP) is 0.711. The molecule has 0 saturated heterocycles. The highest BCUT2D eigenvalue weighted by Gasteiger charge is 2.27. The molecule has 0 amide bonds. The van der Waals surface area contributed by atoms with E-state index < -0.39 is 0 Å². The van der Waals surface area contributed by atoms with Crippen LogP contribution in [-0.2, 0) is 9.53 Å². The summed E-state index contributed by atoms with van der Waals surface area (Å²) in [4.78, 5) is 11.1. The summed E-state index contributed by atoms with van der Waals surface area (Å²) in [6.45, 7) is 1.61. The number of aliphatic hydroxyl groups excluding tert-OH is 1. The maximum Gasteiger partial charge on any atom is 0.309 e. The Balaban J connectivity index is 2.19. The van der Waals surface area contributed by atoms with E-state index in [4.69, 9.17) is 9.84 Å². The van der Waals surface area contributed by atoms with Crippen molar-refractivity contribution in [2.75, 3.05) is 6.61 Å². The second kappa shape index (κ2) is 3.72. The number of rotatable bonds is 3. The molecule has 64 valence electrons. The van der Waals surface area contributed by atoms with E-state index in [0.717, 1.165) is 19.3 Å².